The summed E-state index contributed by atoms with van der Waals surface area (Å²) in [5.41, 5.74) is 2.13. The molecule has 0 aromatic heterocycles. The fraction of sp³-hybridized carbons (Fsp3) is 0.200. The number of nitro benzene ring substituents is 1. The van der Waals surface area contributed by atoms with Crippen molar-refractivity contribution in [2.24, 2.45) is 5.10 Å². The Bertz CT molecular complexity index is 536. The van der Waals surface area contributed by atoms with Crippen molar-refractivity contribution in [2.75, 3.05) is 6.54 Å². The molecule has 102 valence electrons. The molecule has 0 atom stereocenters. The Kier molecular flexibility index (Phi) is 5.46. The molecule has 0 radical (unpaired) electrons. The van der Waals surface area contributed by atoms with Crippen molar-refractivity contribution < 1.29 is 10.0 Å². The Balaban J connectivity index is 2.92. The van der Waals surface area contributed by atoms with Gasteiger partial charge in [-0.15, -0.1) is 0 Å². The van der Waals surface area contributed by atoms with Gasteiger partial charge in [-0.05, 0) is 25.2 Å². The topological polar surface area (TPSA) is 99.8 Å². The zero-order valence-corrected chi connectivity index (χ0v) is 11.5. The molecule has 1 rings (SSSR count). The summed E-state index contributed by atoms with van der Waals surface area (Å²) < 4.78 is 0. The number of phenols is 1. The molecular weight excluding hydrogens is 292 g/mol. The van der Waals surface area contributed by atoms with Crippen LogP contribution in [0.5, 0.6) is 5.75 Å². The van der Waals surface area contributed by atoms with Crippen molar-refractivity contribution in [3.63, 3.8) is 0 Å². The Labute approximate surface area is 119 Å². The van der Waals surface area contributed by atoms with Gasteiger partial charge in [-0.3, -0.25) is 15.5 Å². The van der Waals surface area contributed by atoms with Crippen LogP contribution < -0.4 is 10.7 Å². The van der Waals surface area contributed by atoms with E-state index >= 15 is 0 Å². The molecule has 0 aliphatic carbocycles. The highest BCUT2D eigenvalue weighted by Crippen LogP contribution is 2.32. The highest BCUT2D eigenvalue weighted by atomic mass is 35.5. The van der Waals surface area contributed by atoms with Crippen molar-refractivity contribution >= 4 is 40.8 Å². The van der Waals surface area contributed by atoms with Crippen LogP contribution in [0.25, 0.3) is 0 Å². The fourth-order valence-corrected chi connectivity index (χ4v) is 1.62. The summed E-state index contributed by atoms with van der Waals surface area (Å²) in [4.78, 5) is 9.96. The molecule has 0 spiro atoms. The maximum atomic E-state index is 10.7. The first-order valence-electron chi connectivity index (χ1n) is 5.19. The number of nitrogens with one attached hydrogen (secondary N) is 2. The molecule has 19 heavy (non-hydrogen) atoms. The van der Waals surface area contributed by atoms with Crippen LogP contribution in [0.1, 0.15) is 12.5 Å². The molecule has 0 saturated heterocycles. The normalized spacial score (nSPS) is 10.4. The number of nitrogens with zero attached hydrogens (tertiary/aromatic N) is 2. The molecule has 0 aliphatic heterocycles. The summed E-state index contributed by atoms with van der Waals surface area (Å²) >= 11 is 10.6. The Morgan fingerprint density at radius 3 is 2.95 bits per heavy atom. The van der Waals surface area contributed by atoms with Gasteiger partial charge in [0.15, 0.2) is 5.11 Å². The number of rotatable bonds is 4. The van der Waals surface area contributed by atoms with Crippen LogP contribution in [-0.4, -0.2) is 27.9 Å². The first-order chi connectivity index (χ1) is 8.95. The minimum absolute atomic E-state index is 0.117. The van der Waals surface area contributed by atoms with Crippen LogP contribution >= 0.6 is 23.8 Å². The van der Waals surface area contributed by atoms with Gasteiger partial charge in [0, 0.05) is 23.2 Å². The number of aromatic hydroxyl groups is 1. The average Bonchev–Trinajstić information content (AvgIpc) is 2.33. The molecule has 7 nitrogen and oxygen atoms in total. The number of thiocarbonyl (C=S) groups is 1. The van der Waals surface area contributed by atoms with E-state index < -0.39 is 16.4 Å². The van der Waals surface area contributed by atoms with E-state index in [4.69, 9.17) is 23.8 Å². The third-order valence-corrected chi connectivity index (χ3v) is 2.44. The Morgan fingerprint density at radius 1 is 1.68 bits per heavy atom. The lowest BCUT2D eigenvalue weighted by Crippen LogP contribution is -2.31. The second-order valence-corrected chi connectivity index (χ2v) is 4.19. The summed E-state index contributed by atoms with van der Waals surface area (Å²) in [5, 5.41) is 27.3. The number of benzene rings is 1. The molecule has 0 aliphatic rings. The maximum absolute atomic E-state index is 10.7. The average molecular weight is 303 g/mol. The minimum Gasteiger partial charge on any atom is -0.502 e. The van der Waals surface area contributed by atoms with E-state index in [0.717, 1.165) is 6.07 Å². The molecule has 0 saturated carbocycles. The molecule has 9 heteroatoms. The second kappa shape index (κ2) is 6.86. The first kappa shape index (κ1) is 15.1. The van der Waals surface area contributed by atoms with Crippen molar-refractivity contribution in [3.05, 3.63) is 32.8 Å². The van der Waals surface area contributed by atoms with Gasteiger partial charge in [0.05, 0.1) is 11.1 Å². The number of nitro groups is 1. The van der Waals surface area contributed by atoms with Crippen LogP contribution in [0.15, 0.2) is 17.2 Å². The Hall–Kier alpha value is -1.93. The van der Waals surface area contributed by atoms with E-state index in [-0.39, 0.29) is 10.6 Å². The fourth-order valence-electron chi connectivity index (χ4n) is 1.20. The van der Waals surface area contributed by atoms with Gasteiger partial charge in [-0.2, -0.15) is 5.10 Å². The van der Waals surface area contributed by atoms with Gasteiger partial charge in [0.2, 0.25) is 5.75 Å². The largest absolute Gasteiger partial charge is 0.502 e. The molecule has 3 N–H and O–H groups in total. The molecule has 0 amide bonds. The third-order valence-electron chi connectivity index (χ3n) is 1.99. The number of hydrazone groups is 1. The molecule has 0 unspecified atom stereocenters. The van der Waals surface area contributed by atoms with Crippen molar-refractivity contribution in [1.29, 1.82) is 0 Å². The molecule has 0 fully saturated rings. The SMILES string of the molecule is CCNC(=S)NN=Cc1cc(Cl)cc([N+](=O)[O-])c1O. The van der Waals surface area contributed by atoms with E-state index in [1.807, 2.05) is 6.92 Å². The summed E-state index contributed by atoms with van der Waals surface area (Å²) in [6.07, 6.45) is 1.19. The summed E-state index contributed by atoms with van der Waals surface area (Å²) in [6.45, 7) is 2.50. The molecule has 0 heterocycles. The highest BCUT2D eigenvalue weighted by Gasteiger charge is 2.17. The van der Waals surface area contributed by atoms with E-state index in [0.29, 0.717) is 11.7 Å². The molecule has 1 aromatic rings. The lowest BCUT2D eigenvalue weighted by Gasteiger charge is -2.04. The van der Waals surface area contributed by atoms with Crippen LogP contribution in [-0.2, 0) is 0 Å². The van der Waals surface area contributed by atoms with Crippen molar-refractivity contribution in [1.82, 2.24) is 10.7 Å². The van der Waals surface area contributed by atoms with E-state index in [1.165, 1.54) is 12.3 Å². The predicted octanol–water partition coefficient (Wildman–Crippen LogP) is 1.77. The lowest BCUT2D eigenvalue weighted by molar-refractivity contribution is -0.385. The highest BCUT2D eigenvalue weighted by molar-refractivity contribution is 7.80. The maximum Gasteiger partial charge on any atom is 0.312 e. The molecule has 0 bridgehead atoms. The van der Waals surface area contributed by atoms with Crippen LogP contribution in [0.2, 0.25) is 5.02 Å². The van der Waals surface area contributed by atoms with Gasteiger partial charge < -0.3 is 10.4 Å². The number of phenolic OH excluding ortho intramolecular Hbond substituents is 1. The van der Waals surface area contributed by atoms with Crippen molar-refractivity contribution in [2.45, 2.75) is 6.92 Å². The van der Waals surface area contributed by atoms with Crippen molar-refractivity contribution in [3.8, 4) is 5.75 Å². The van der Waals surface area contributed by atoms with Gasteiger partial charge in [-0.1, -0.05) is 11.6 Å². The van der Waals surface area contributed by atoms with E-state index in [2.05, 4.69) is 15.8 Å². The minimum atomic E-state index is -0.727. The van der Waals surface area contributed by atoms with Gasteiger partial charge in [0.25, 0.3) is 0 Å². The predicted molar refractivity (Wildman–Crippen MR) is 76.8 cm³/mol. The number of halogens is 1. The first-order valence-corrected chi connectivity index (χ1v) is 5.98. The summed E-state index contributed by atoms with van der Waals surface area (Å²) in [5.74, 6) is -0.505. The smallest absolute Gasteiger partial charge is 0.312 e. The van der Waals surface area contributed by atoms with Crippen LogP contribution in [0.3, 0.4) is 0 Å². The monoisotopic (exact) mass is 302 g/mol. The number of hydrogen-bond acceptors (Lipinski definition) is 5. The second-order valence-electron chi connectivity index (χ2n) is 3.35. The van der Waals surface area contributed by atoms with Gasteiger partial charge >= 0.3 is 5.69 Å². The van der Waals surface area contributed by atoms with Gasteiger partial charge in [0.1, 0.15) is 0 Å². The van der Waals surface area contributed by atoms with E-state index in [1.54, 1.807) is 0 Å². The Morgan fingerprint density at radius 2 is 2.37 bits per heavy atom. The number of hydrogen-bond donors (Lipinski definition) is 3. The van der Waals surface area contributed by atoms with Crippen LogP contribution in [0, 0.1) is 10.1 Å². The van der Waals surface area contributed by atoms with Crippen LogP contribution in [0.4, 0.5) is 5.69 Å². The summed E-state index contributed by atoms with van der Waals surface area (Å²) in [7, 11) is 0. The summed E-state index contributed by atoms with van der Waals surface area (Å²) in [6, 6.07) is 2.41. The zero-order chi connectivity index (χ0) is 14.4. The molecule has 1 aromatic carbocycles. The quantitative estimate of drug-likeness (QED) is 0.339. The third kappa shape index (κ3) is 4.34. The standard InChI is InChI=1S/C10H11ClN4O3S/c1-2-12-10(19)14-13-5-6-3-7(11)4-8(9(6)16)15(17)18/h3-5,16H,2H2,1H3,(H2,12,14,19). The molecular formula is C10H11ClN4O3S. The lowest BCUT2D eigenvalue weighted by atomic mass is 10.2. The van der Waals surface area contributed by atoms with Gasteiger partial charge in [-0.25, -0.2) is 0 Å². The van der Waals surface area contributed by atoms with E-state index in [9.17, 15) is 15.2 Å². The zero-order valence-electron chi connectivity index (χ0n) is 9.88.